The number of hydrazone groups is 1. The number of hydrogen-bond donors (Lipinski definition) is 2. The predicted octanol–water partition coefficient (Wildman–Crippen LogP) is 4.36. The van der Waals surface area contributed by atoms with E-state index in [9.17, 15) is 13.5 Å². The van der Waals surface area contributed by atoms with Gasteiger partial charge in [0.15, 0.2) is 11.5 Å². The van der Waals surface area contributed by atoms with Crippen molar-refractivity contribution in [1.29, 1.82) is 0 Å². The number of rotatable bonds is 6. The van der Waals surface area contributed by atoms with E-state index in [0.29, 0.717) is 17.7 Å². The van der Waals surface area contributed by atoms with E-state index in [0.717, 1.165) is 5.56 Å². The zero-order valence-corrected chi connectivity index (χ0v) is 18.1. The van der Waals surface area contributed by atoms with Gasteiger partial charge in [-0.2, -0.15) is 13.5 Å². The second-order valence-electron chi connectivity index (χ2n) is 7.37. The Kier molecular flexibility index (Phi) is 6.62. The van der Waals surface area contributed by atoms with Crippen molar-refractivity contribution >= 4 is 27.8 Å². The Bertz CT molecular complexity index is 996. The lowest BCUT2D eigenvalue weighted by Crippen LogP contribution is -2.21. The number of aromatic hydroxyl groups is 1. The molecule has 0 amide bonds. The zero-order valence-electron chi connectivity index (χ0n) is 16.6. The number of ether oxygens (including phenoxy) is 1. The SMILES string of the molecule is CCOc1cc(/C=N/NS(=O)(=O)c2cc(C(C)(C)C)ccc2C)cc(Cl)c1O. The van der Waals surface area contributed by atoms with Gasteiger partial charge in [0.1, 0.15) is 0 Å². The van der Waals surface area contributed by atoms with Crippen LogP contribution in [0.2, 0.25) is 5.02 Å². The molecule has 0 radical (unpaired) electrons. The first kappa shape index (κ1) is 22.0. The van der Waals surface area contributed by atoms with Crippen molar-refractivity contribution in [3.63, 3.8) is 0 Å². The van der Waals surface area contributed by atoms with Crippen molar-refractivity contribution in [2.24, 2.45) is 5.10 Å². The van der Waals surface area contributed by atoms with Crippen LogP contribution in [0.4, 0.5) is 0 Å². The summed E-state index contributed by atoms with van der Waals surface area (Å²) in [4.78, 5) is 2.40. The van der Waals surface area contributed by atoms with Gasteiger partial charge in [-0.25, -0.2) is 4.83 Å². The van der Waals surface area contributed by atoms with Crippen molar-refractivity contribution < 1.29 is 18.3 Å². The first-order valence-corrected chi connectivity index (χ1v) is 10.6. The van der Waals surface area contributed by atoms with Gasteiger partial charge in [0.05, 0.1) is 22.7 Å². The van der Waals surface area contributed by atoms with Gasteiger partial charge in [0.25, 0.3) is 10.0 Å². The van der Waals surface area contributed by atoms with Crippen LogP contribution in [0.5, 0.6) is 11.5 Å². The highest BCUT2D eigenvalue weighted by molar-refractivity contribution is 7.89. The van der Waals surface area contributed by atoms with Gasteiger partial charge < -0.3 is 9.84 Å². The molecule has 0 heterocycles. The molecule has 0 saturated heterocycles. The van der Waals surface area contributed by atoms with Gasteiger partial charge in [0, 0.05) is 0 Å². The Morgan fingerprint density at radius 2 is 1.93 bits per heavy atom. The van der Waals surface area contributed by atoms with Gasteiger partial charge in [0.2, 0.25) is 0 Å². The lowest BCUT2D eigenvalue weighted by molar-refractivity contribution is 0.318. The standard InChI is InChI=1S/C20H25ClN2O4S/c1-6-27-17-10-14(9-16(21)19(17)24)12-22-23-28(25,26)18-11-15(20(3,4)5)8-7-13(18)2/h7-12,23-24H,6H2,1-5H3/b22-12+. The number of aryl methyl sites for hydroxylation is 1. The van der Waals surface area contributed by atoms with Crippen LogP contribution in [0.15, 0.2) is 40.3 Å². The minimum Gasteiger partial charge on any atom is -0.503 e. The number of nitrogens with zero attached hydrogens (tertiary/aromatic N) is 1. The van der Waals surface area contributed by atoms with Crippen LogP contribution in [0.3, 0.4) is 0 Å². The smallest absolute Gasteiger partial charge is 0.276 e. The first-order chi connectivity index (χ1) is 13.0. The number of benzene rings is 2. The molecule has 2 aromatic carbocycles. The molecule has 2 aromatic rings. The van der Waals surface area contributed by atoms with Crippen LogP contribution in [0, 0.1) is 6.92 Å². The van der Waals surface area contributed by atoms with Crippen LogP contribution in [0.1, 0.15) is 44.4 Å². The van der Waals surface area contributed by atoms with Crippen molar-refractivity contribution in [2.45, 2.75) is 44.9 Å². The van der Waals surface area contributed by atoms with E-state index in [4.69, 9.17) is 16.3 Å². The van der Waals surface area contributed by atoms with Crippen LogP contribution in [-0.4, -0.2) is 26.3 Å². The van der Waals surface area contributed by atoms with Crippen molar-refractivity contribution in [3.05, 3.63) is 52.0 Å². The maximum absolute atomic E-state index is 12.7. The molecule has 0 fully saturated rings. The molecule has 152 valence electrons. The summed E-state index contributed by atoms with van der Waals surface area (Å²) in [7, 11) is -3.84. The number of hydrogen-bond acceptors (Lipinski definition) is 5. The maximum Gasteiger partial charge on any atom is 0.276 e. The summed E-state index contributed by atoms with van der Waals surface area (Å²) >= 11 is 5.97. The average Bonchev–Trinajstić information content (AvgIpc) is 2.58. The monoisotopic (exact) mass is 424 g/mol. The molecule has 0 aliphatic carbocycles. The van der Waals surface area contributed by atoms with Crippen molar-refractivity contribution in [1.82, 2.24) is 4.83 Å². The van der Waals surface area contributed by atoms with Gasteiger partial charge in [-0.15, -0.1) is 0 Å². The van der Waals surface area contributed by atoms with Crippen LogP contribution >= 0.6 is 11.6 Å². The molecule has 0 bridgehead atoms. The van der Waals surface area contributed by atoms with Gasteiger partial charge in [-0.3, -0.25) is 0 Å². The highest BCUT2D eigenvalue weighted by Gasteiger charge is 2.21. The second kappa shape index (κ2) is 8.41. The summed E-state index contributed by atoms with van der Waals surface area (Å²) < 4.78 is 30.7. The fraction of sp³-hybridized carbons (Fsp3) is 0.350. The fourth-order valence-electron chi connectivity index (χ4n) is 2.51. The van der Waals surface area contributed by atoms with E-state index >= 15 is 0 Å². The molecular formula is C20H25ClN2O4S. The third-order valence-corrected chi connectivity index (χ3v) is 5.73. The van der Waals surface area contributed by atoms with E-state index in [2.05, 4.69) is 9.93 Å². The molecule has 0 spiro atoms. The molecule has 0 saturated carbocycles. The Balaban J connectivity index is 2.29. The van der Waals surface area contributed by atoms with E-state index in [1.165, 1.54) is 18.3 Å². The van der Waals surface area contributed by atoms with E-state index in [1.54, 1.807) is 26.0 Å². The highest BCUT2D eigenvalue weighted by Crippen LogP contribution is 2.34. The van der Waals surface area contributed by atoms with Crippen molar-refractivity contribution in [3.8, 4) is 11.5 Å². The first-order valence-electron chi connectivity index (χ1n) is 8.77. The lowest BCUT2D eigenvalue weighted by Gasteiger charge is -2.20. The Labute approximate surface area is 171 Å². The molecule has 0 atom stereocenters. The van der Waals surface area contributed by atoms with Gasteiger partial charge in [-0.1, -0.05) is 44.5 Å². The summed E-state index contributed by atoms with van der Waals surface area (Å²) in [6.07, 6.45) is 1.30. The minimum absolute atomic E-state index is 0.0870. The van der Waals surface area contributed by atoms with Crippen LogP contribution in [0.25, 0.3) is 0 Å². The summed E-state index contributed by atoms with van der Waals surface area (Å²) in [6.45, 7) is 9.91. The van der Waals surface area contributed by atoms with Crippen LogP contribution in [-0.2, 0) is 15.4 Å². The van der Waals surface area contributed by atoms with Gasteiger partial charge >= 0.3 is 0 Å². The van der Waals surface area contributed by atoms with E-state index in [1.807, 2.05) is 26.8 Å². The zero-order chi connectivity index (χ0) is 21.1. The molecule has 0 aromatic heterocycles. The normalized spacial score (nSPS) is 12.4. The molecule has 2 rings (SSSR count). The minimum atomic E-state index is -3.84. The Morgan fingerprint density at radius 3 is 2.54 bits per heavy atom. The topological polar surface area (TPSA) is 88.0 Å². The molecule has 0 unspecified atom stereocenters. The summed E-state index contributed by atoms with van der Waals surface area (Å²) in [5, 5.41) is 13.8. The van der Waals surface area contributed by atoms with Crippen LogP contribution < -0.4 is 9.57 Å². The third kappa shape index (κ3) is 5.17. The number of sulfonamides is 1. The molecular weight excluding hydrogens is 400 g/mol. The second-order valence-corrected chi connectivity index (χ2v) is 9.40. The number of phenolic OH excluding ortho intramolecular Hbond substituents is 1. The largest absolute Gasteiger partial charge is 0.503 e. The van der Waals surface area contributed by atoms with E-state index < -0.39 is 10.0 Å². The molecule has 8 heteroatoms. The van der Waals surface area contributed by atoms with E-state index in [-0.39, 0.29) is 26.8 Å². The fourth-order valence-corrected chi connectivity index (χ4v) is 3.79. The lowest BCUT2D eigenvalue weighted by atomic mass is 9.87. The highest BCUT2D eigenvalue weighted by atomic mass is 35.5. The molecule has 0 aliphatic rings. The average molecular weight is 425 g/mol. The quantitative estimate of drug-likeness (QED) is 0.532. The number of halogens is 1. The predicted molar refractivity (Wildman–Crippen MR) is 112 cm³/mol. The Hall–Kier alpha value is -2.25. The summed E-state index contributed by atoms with van der Waals surface area (Å²) in [5.41, 5.74) is 1.84. The number of nitrogens with one attached hydrogen (secondary N) is 1. The maximum atomic E-state index is 12.7. The molecule has 28 heavy (non-hydrogen) atoms. The number of phenols is 1. The third-order valence-electron chi connectivity index (χ3n) is 4.08. The molecule has 2 N–H and O–H groups in total. The van der Waals surface area contributed by atoms with Crippen molar-refractivity contribution in [2.75, 3.05) is 6.61 Å². The summed E-state index contributed by atoms with van der Waals surface area (Å²) in [6, 6.07) is 8.35. The molecule has 0 aliphatic heterocycles. The Morgan fingerprint density at radius 1 is 1.25 bits per heavy atom. The summed E-state index contributed by atoms with van der Waals surface area (Å²) in [5.74, 6) is 0.0314. The molecule has 6 nitrogen and oxygen atoms in total. The van der Waals surface area contributed by atoms with Gasteiger partial charge in [-0.05, 0) is 54.2 Å².